The minimum absolute atomic E-state index is 0.232. The van der Waals surface area contributed by atoms with E-state index in [1.54, 1.807) is 44.8 Å². The van der Waals surface area contributed by atoms with Crippen molar-refractivity contribution in [1.82, 2.24) is 4.57 Å². The van der Waals surface area contributed by atoms with Crippen LogP contribution in [0.2, 0.25) is 0 Å². The van der Waals surface area contributed by atoms with Crippen LogP contribution < -0.4 is 24.4 Å². The molecule has 0 amide bonds. The molecule has 2 heterocycles. The van der Waals surface area contributed by atoms with E-state index in [0.29, 0.717) is 37.7 Å². The molecule has 0 aliphatic carbocycles. The highest BCUT2D eigenvalue weighted by atomic mass is 32.1. The van der Waals surface area contributed by atoms with Gasteiger partial charge in [0.25, 0.3) is 5.56 Å². The lowest BCUT2D eigenvalue weighted by atomic mass is 9.95. The maximum atomic E-state index is 13.7. The number of aryl methyl sites for hydroxylation is 1. The van der Waals surface area contributed by atoms with Crippen molar-refractivity contribution >= 4 is 23.4 Å². The van der Waals surface area contributed by atoms with Gasteiger partial charge in [-0.1, -0.05) is 53.3 Å². The number of carbonyl (C=O) groups is 1. The third-order valence-electron chi connectivity index (χ3n) is 5.63. The molecule has 0 fully saturated rings. The molecule has 3 aromatic rings. The number of aromatic nitrogens is 1. The monoisotopic (exact) mass is 478 g/mol. The topological polar surface area (TPSA) is 79.1 Å². The first kappa shape index (κ1) is 23.5. The van der Waals surface area contributed by atoms with Crippen LogP contribution in [0.4, 0.5) is 0 Å². The van der Waals surface area contributed by atoms with Crippen LogP contribution in [-0.4, -0.2) is 31.4 Å². The first-order valence-corrected chi connectivity index (χ1v) is 11.7. The van der Waals surface area contributed by atoms with Gasteiger partial charge in [-0.05, 0) is 38.5 Å². The fourth-order valence-corrected chi connectivity index (χ4v) is 5.06. The molecule has 1 aromatic heterocycles. The number of thiazole rings is 1. The summed E-state index contributed by atoms with van der Waals surface area (Å²) in [5.74, 6) is 0.634. The number of fused-ring (bicyclic) bond motifs is 1. The maximum Gasteiger partial charge on any atom is 0.338 e. The largest absolute Gasteiger partial charge is 0.493 e. The molecule has 0 saturated carbocycles. The van der Waals surface area contributed by atoms with Crippen LogP contribution >= 0.6 is 11.3 Å². The van der Waals surface area contributed by atoms with Crippen molar-refractivity contribution in [2.24, 2.45) is 4.99 Å². The molecule has 1 aliphatic heterocycles. The zero-order chi connectivity index (χ0) is 24.4. The van der Waals surface area contributed by atoms with E-state index in [0.717, 1.165) is 11.1 Å². The number of para-hydroxylation sites is 1. The normalized spacial score (nSPS) is 15.6. The second-order valence-electron chi connectivity index (χ2n) is 7.80. The zero-order valence-electron chi connectivity index (χ0n) is 19.7. The number of methoxy groups -OCH3 is 2. The van der Waals surface area contributed by atoms with E-state index in [1.807, 2.05) is 43.3 Å². The summed E-state index contributed by atoms with van der Waals surface area (Å²) in [5.41, 5.74) is 3.27. The summed E-state index contributed by atoms with van der Waals surface area (Å²) in [6, 6.07) is 12.6. The van der Waals surface area contributed by atoms with Crippen molar-refractivity contribution < 1.29 is 19.0 Å². The molecule has 2 aromatic carbocycles. The molecule has 176 valence electrons. The summed E-state index contributed by atoms with van der Waals surface area (Å²) in [4.78, 5) is 31.8. The molecule has 0 spiro atoms. The Balaban J connectivity index is 1.97. The lowest BCUT2D eigenvalue weighted by molar-refractivity contribution is -0.139. The van der Waals surface area contributed by atoms with Crippen molar-refractivity contribution in [3.8, 4) is 11.5 Å². The molecule has 0 saturated heterocycles. The van der Waals surface area contributed by atoms with Crippen molar-refractivity contribution in [3.05, 3.63) is 90.1 Å². The lowest BCUT2D eigenvalue weighted by Gasteiger charge is -2.24. The highest BCUT2D eigenvalue weighted by Crippen LogP contribution is 2.32. The van der Waals surface area contributed by atoms with E-state index in [1.165, 1.54) is 11.3 Å². The van der Waals surface area contributed by atoms with Gasteiger partial charge in [0.05, 0.1) is 42.7 Å². The number of ether oxygens (including phenoxy) is 3. The molecule has 1 aliphatic rings. The summed E-state index contributed by atoms with van der Waals surface area (Å²) in [7, 11) is 3.12. The number of nitrogens with zero attached hydrogens (tertiary/aromatic N) is 2. The van der Waals surface area contributed by atoms with Crippen LogP contribution in [0.15, 0.2) is 63.5 Å². The third kappa shape index (κ3) is 4.17. The van der Waals surface area contributed by atoms with E-state index < -0.39 is 12.0 Å². The van der Waals surface area contributed by atoms with Gasteiger partial charge in [-0.15, -0.1) is 0 Å². The van der Waals surface area contributed by atoms with E-state index in [2.05, 4.69) is 4.99 Å². The molecule has 0 N–H and O–H groups in total. The molecule has 0 radical (unpaired) electrons. The Morgan fingerprint density at radius 3 is 2.50 bits per heavy atom. The molecule has 0 unspecified atom stereocenters. The third-order valence-corrected chi connectivity index (χ3v) is 6.61. The van der Waals surface area contributed by atoms with Gasteiger partial charge in [0, 0.05) is 5.56 Å². The van der Waals surface area contributed by atoms with E-state index in [-0.39, 0.29) is 12.2 Å². The predicted molar refractivity (Wildman–Crippen MR) is 131 cm³/mol. The minimum Gasteiger partial charge on any atom is -0.493 e. The van der Waals surface area contributed by atoms with Crippen molar-refractivity contribution in [2.45, 2.75) is 26.8 Å². The SMILES string of the molecule is CCOC(=O)C1=C(C)N=c2s/c(=C\c3cccc(OC)c3OC)c(=O)n2[C@H]1c1ccc(C)cc1. The fourth-order valence-electron chi connectivity index (χ4n) is 4.02. The summed E-state index contributed by atoms with van der Waals surface area (Å²) in [5, 5.41) is 0. The first-order chi connectivity index (χ1) is 16.4. The summed E-state index contributed by atoms with van der Waals surface area (Å²) < 4.78 is 18.3. The Morgan fingerprint density at radius 2 is 1.85 bits per heavy atom. The van der Waals surface area contributed by atoms with Gasteiger partial charge in [0.15, 0.2) is 16.3 Å². The number of benzene rings is 2. The summed E-state index contributed by atoms with van der Waals surface area (Å²) >= 11 is 1.27. The van der Waals surface area contributed by atoms with Crippen LogP contribution in [-0.2, 0) is 9.53 Å². The Labute approximate surface area is 201 Å². The molecule has 4 rings (SSSR count). The second-order valence-corrected chi connectivity index (χ2v) is 8.80. The van der Waals surface area contributed by atoms with Gasteiger partial charge in [0.2, 0.25) is 0 Å². The highest BCUT2D eigenvalue weighted by molar-refractivity contribution is 7.07. The van der Waals surface area contributed by atoms with Gasteiger partial charge in [-0.25, -0.2) is 9.79 Å². The zero-order valence-corrected chi connectivity index (χ0v) is 20.6. The number of esters is 1. The van der Waals surface area contributed by atoms with Crippen LogP contribution in [0.1, 0.15) is 36.6 Å². The minimum atomic E-state index is -0.634. The summed E-state index contributed by atoms with van der Waals surface area (Å²) in [6.45, 7) is 5.75. The molecule has 0 bridgehead atoms. The quantitative estimate of drug-likeness (QED) is 0.509. The average Bonchev–Trinajstić information content (AvgIpc) is 3.13. The predicted octanol–water partition coefficient (Wildman–Crippen LogP) is 3.12. The number of allylic oxidation sites excluding steroid dienone is 1. The highest BCUT2D eigenvalue weighted by Gasteiger charge is 2.33. The number of hydrogen-bond acceptors (Lipinski definition) is 7. The Hall–Kier alpha value is -3.65. The molecule has 1 atom stereocenters. The standard InChI is InChI=1S/C26H26N2O5S/c1-6-33-25(30)21-16(3)27-26-28(22(21)17-12-10-15(2)11-13-17)24(29)20(34-26)14-18-8-7-9-19(31-4)23(18)32-5/h7-14,22H,6H2,1-5H3/b20-14-/t22-/m0/s1. The van der Waals surface area contributed by atoms with Crippen molar-refractivity contribution in [2.75, 3.05) is 20.8 Å². The number of hydrogen-bond donors (Lipinski definition) is 0. The van der Waals surface area contributed by atoms with Crippen molar-refractivity contribution in [3.63, 3.8) is 0 Å². The second kappa shape index (κ2) is 9.69. The number of rotatable bonds is 6. The molecule has 7 nitrogen and oxygen atoms in total. The van der Waals surface area contributed by atoms with Gasteiger partial charge < -0.3 is 14.2 Å². The Kier molecular flexibility index (Phi) is 6.70. The van der Waals surface area contributed by atoms with Crippen LogP contribution in [0.25, 0.3) is 6.08 Å². The van der Waals surface area contributed by atoms with E-state index >= 15 is 0 Å². The van der Waals surface area contributed by atoms with Gasteiger partial charge >= 0.3 is 5.97 Å². The van der Waals surface area contributed by atoms with Crippen molar-refractivity contribution in [1.29, 1.82) is 0 Å². The molecule has 8 heteroatoms. The Bertz CT molecular complexity index is 1450. The lowest BCUT2D eigenvalue weighted by Crippen LogP contribution is -2.39. The van der Waals surface area contributed by atoms with Crippen LogP contribution in [0, 0.1) is 6.92 Å². The average molecular weight is 479 g/mol. The van der Waals surface area contributed by atoms with Gasteiger partial charge in [-0.3, -0.25) is 9.36 Å². The molecule has 34 heavy (non-hydrogen) atoms. The van der Waals surface area contributed by atoms with Gasteiger partial charge in [0.1, 0.15) is 0 Å². The summed E-state index contributed by atoms with van der Waals surface area (Å²) in [6.07, 6.45) is 1.76. The number of carbonyl (C=O) groups excluding carboxylic acids is 1. The Morgan fingerprint density at radius 1 is 1.12 bits per heavy atom. The maximum absolute atomic E-state index is 13.7. The first-order valence-electron chi connectivity index (χ1n) is 10.9. The molecular weight excluding hydrogens is 452 g/mol. The van der Waals surface area contributed by atoms with E-state index in [9.17, 15) is 9.59 Å². The smallest absolute Gasteiger partial charge is 0.338 e. The van der Waals surface area contributed by atoms with E-state index in [4.69, 9.17) is 14.2 Å². The van der Waals surface area contributed by atoms with Crippen LogP contribution in [0.3, 0.4) is 0 Å². The molecular formula is C26H26N2O5S. The van der Waals surface area contributed by atoms with Crippen LogP contribution in [0.5, 0.6) is 11.5 Å². The van der Waals surface area contributed by atoms with Gasteiger partial charge in [-0.2, -0.15) is 0 Å². The fraction of sp³-hybridized carbons (Fsp3) is 0.269.